The van der Waals surface area contributed by atoms with Crippen LogP contribution in [0.25, 0.3) is 0 Å². The average molecular weight is 238 g/mol. The van der Waals surface area contributed by atoms with Crippen molar-refractivity contribution in [2.24, 2.45) is 0 Å². The molecule has 0 radical (unpaired) electrons. The molecule has 0 atom stereocenters. The van der Waals surface area contributed by atoms with Crippen LogP contribution in [-0.4, -0.2) is 31.3 Å². The summed E-state index contributed by atoms with van der Waals surface area (Å²) in [6.45, 7) is 1.85. The second-order valence-corrected chi connectivity index (χ2v) is 4.65. The average Bonchev–Trinajstić information content (AvgIpc) is 3.05. The maximum absolute atomic E-state index is 5.66. The summed E-state index contributed by atoms with van der Waals surface area (Å²) >= 11 is 0. The minimum Gasteiger partial charge on any atom is -0.446 e. The number of nitrogens with one attached hydrogen (secondary N) is 1. The van der Waals surface area contributed by atoms with Crippen molar-refractivity contribution < 1.29 is 9.15 Å². The van der Waals surface area contributed by atoms with Crippen LogP contribution in [0.15, 0.2) is 10.6 Å². The lowest BCUT2D eigenvalue weighted by atomic mass is 10.3. The van der Waals surface area contributed by atoms with E-state index in [0.29, 0.717) is 0 Å². The van der Waals surface area contributed by atoms with Crippen LogP contribution in [0.1, 0.15) is 37.3 Å². The summed E-state index contributed by atoms with van der Waals surface area (Å²) in [4.78, 5) is 4.29. The Labute approximate surface area is 103 Å². The third-order valence-electron chi connectivity index (χ3n) is 2.95. The fourth-order valence-electron chi connectivity index (χ4n) is 1.80. The van der Waals surface area contributed by atoms with Gasteiger partial charge < -0.3 is 14.5 Å². The normalized spacial score (nSPS) is 15.4. The molecule has 0 saturated heterocycles. The van der Waals surface area contributed by atoms with Crippen molar-refractivity contribution >= 4 is 0 Å². The molecule has 1 aromatic rings. The number of nitrogens with zero attached hydrogens (tertiary/aromatic N) is 1. The highest BCUT2D eigenvalue weighted by Gasteiger charge is 2.19. The number of hydrogen-bond acceptors (Lipinski definition) is 4. The predicted molar refractivity (Wildman–Crippen MR) is 66.0 cm³/mol. The second kappa shape index (κ2) is 6.77. The van der Waals surface area contributed by atoms with Gasteiger partial charge in [-0.2, -0.15) is 0 Å². The lowest BCUT2D eigenvalue weighted by molar-refractivity contribution is 0.193. The van der Waals surface area contributed by atoms with Crippen LogP contribution in [0.3, 0.4) is 0 Å². The molecule has 0 spiro atoms. The lowest BCUT2D eigenvalue weighted by Crippen LogP contribution is -2.17. The standard InChI is InChI=1S/C13H22N2O2/c1-16-9-3-4-12-10-15-13(17-12)5-2-8-14-11-6-7-11/h10-11,14H,2-9H2,1H3. The molecule has 0 aromatic carbocycles. The minimum absolute atomic E-state index is 0.779. The Kier molecular flexibility index (Phi) is 5.01. The predicted octanol–water partition coefficient (Wildman–Crippen LogP) is 1.94. The molecule has 4 nitrogen and oxygen atoms in total. The summed E-state index contributed by atoms with van der Waals surface area (Å²) < 4.78 is 10.7. The van der Waals surface area contributed by atoms with Crippen LogP contribution in [0.4, 0.5) is 0 Å². The summed E-state index contributed by atoms with van der Waals surface area (Å²) in [7, 11) is 1.72. The summed E-state index contributed by atoms with van der Waals surface area (Å²) in [6.07, 6.45) is 8.50. The maximum Gasteiger partial charge on any atom is 0.194 e. The highest BCUT2D eigenvalue weighted by Crippen LogP contribution is 2.18. The maximum atomic E-state index is 5.66. The van der Waals surface area contributed by atoms with E-state index in [1.54, 1.807) is 7.11 Å². The Morgan fingerprint density at radius 1 is 1.41 bits per heavy atom. The number of aryl methyl sites for hydroxylation is 2. The van der Waals surface area contributed by atoms with E-state index in [9.17, 15) is 0 Å². The van der Waals surface area contributed by atoms with E-state index >= 15 is 0 Å². The van der Waals surface area contributed by atoms with E-state index < -0.39 is 0 Å². The molecular formula is C13H22N2O2. The number of methoxy groups -OCH3 is 1. The topological polar surface area (TPSA) is 47.3 Å². The van der Waals surface area contributed by atoms with Gasteiger partial charge in [0.2, 0.25) is 0 Å². The molecule has 1 aliphatic carbocycles. The molecule has 1 fully saturated rings. The summed E-state index contributed by atoms with van der Waals surface area (Å²) in [5.41, 5.74) is 0. The van der Waals surface area contributed by atoms with E-state index in [1.165, 1.54) is 12.8 Å². The molecule has 1 saturated carbocycles. The first-order valence-electron chi connectivity index (χ1n) is 6.54. The first-order valence-corrected chi connectivity index (χ1v) is 6.54. The molecular weight excluding hydrogens is 216 g/mol. The molecule has 0 amide bonds. The van der Waals surface area contributed by atoms with Gasteiger partial charge in [-0.3, -0.25) is 0 Å². The number of hydrogen-bond donors (Lipinski definition) is 1. The molecule has 1 heterocycles. The van der Waals surface area contributed by atoms with E-state index in [0.717, 1.165) is 56.5 Å². The van der Waals surface area contributed by atoms with Gasteiger partial charge in [-0.1, -0.05) is 0 Å². The zero-order chi connectivity index (χ0) is 11.9. The van der Waals surface area contributed by atoms with E-state index in [-0.39, 0.29) is 0 Å². The van der Waals surface area contributed by atoms with Crippen LogP contribution in [-0.2, 0) is 17.6 Å². The highest BCUT2D eigenvalue weighted by molar-refractivity contribution is 4.94. The van der Waals surface area contributed by atoms with E-state index in [1.807, 2.05) is 6.20 Å². The van der Waals surface area contributed by atoms with E-state index in [2.05, 4.69) is 10.3 Å². The quantitative estimate of drug-likeness (QED) is 0.668. The van der Waals surface area contributed by atoms with Gasteiger partial charge in [-0.15, -0.1) is 0 Å². The van der Waals surface area contributed by atoms with Gasteiger partial charge in [0.15, 0.2) is 5.89 Å². The number of ether oxygens (including phenoxy) is 1. The smallest absolute Gasteiger partial charge is 0.194 e. The Bertz CT molecular complexity index is 321. The van der Waals surface area contributed by atoms with Crippen molar-refractivity contribution in [3.05, 3.63) is 17.8 Å². The lowest BCUT2D eigenvalue weighted by Gasteiger charge is -2.00. The molecule has 1 aromatic heterocycles. The molecule has 2 rings (SSSR count). The van der Waals surface area contributed by atoms with Gasteiger partial charge in [0.25, 0.3) is 0 Å². The molecule has 96 valence electrons. The molecule has 4 heteroatoms. The monoisotopic (exact) mass is 238 g/mol. The zero-order valence-electron chi connectivity index (χ0n) is 10.6. The summed E-state index contributed by atoms with van der Waals surface area (Å²) in [6, 6.07) is 0.796. The van der Waals surface area contributed by atoms with Gasteiger partial charge in [-0.05, 0) is 32.2 Å². The summed E-state index contributed by atoms with van der Waals surface area (Å²) in [5.74, 6) is 1.85. The van der Waals surface area contributed by atoms with Gasteiger partial charge >= 0.3 is 0 Å². The summed E-state index contributed by atoms with van der Waals surface area (Å²) in [5, 5.41) is 3.49. The van der Waals surface area contributed by atoms with Gasteiger partial charge in [-0.25, -0.2) is 4.98 Å². The fraction of sp³-hybridized carbons (Fsp3) is 0.769. The van der Waals surface area contributed by atoms with Crippen LogP contribution in [0.5, 0.6) is 0 Å². The molecule has 0 unspecified atom stereocenters. The van der Waals surface area contributed by atoms with E-state index in [4.69, 9.17) is 9.15 Å². The molecule has 1 aliphatic rings. The number of rotatable bonds is 9. The first kappa shape index (κ1) is 12.6. The SMILES string of the molecule is COCCCc1cnc(CCCNC2CC2)o1. The second-order valence-electron chi connectivity index (χ2n) is 4.65. The third-order valence-corrected chi connectivity index (χ3v) is 2.95. The van der Waals surface area contributed by atoms with Crippen LogP contribution in [0, 0.1) is 0 Å². The Hall–Kier alpha value is -0.870. The number of aromatic nitrogens is 1. The van der Waals surface area contributed by atoms with Crippen LogP contribution in [0.2, 0.25) is 0 Å². The molecule has 1 N–H and O–H groups in total. The number of oxazole rings is 1. The zero-order valence-corrected chi connectivity index (χ0v) is 10.6. The first-order chi connectivity index (χ1) is 8.38. The van der Waals surface area contributed by atoms with Crippen LogP contribution < -0.4 is 5.32 Å². The molecule has 0 bridgehead atoms. The van der Waals surface area contributed by atoms with Gasteiger partial charge in [0, 0.05) is 32.6 Å². The van der Waals surface area contributed by atoms with Crippen LogP contribution >= 0.6 is 0 Å². The molecule has 17 heavy (non-hydrogen) atoms. The van der Waals surface area contributed by atoms with Gasteiger partial charge in [0.1, 0.15) is 5.76 Å². The third kappa shape index (κ3) is 4.88. The van der Waals surface area contributed by atoms with Crippen molar-refractivity contribution in [1.29, 1.82) is 0 Å². The van der Waals surface area contributed by atoms with Gasteiger partial charge in [0.05, 0.1) is 6.20 Å². The molecule has 0 aliphatic heterocycles. The van der Waals surface area contributed by atoms with Crippen molar-refractivity contribution in [2.45, 2.75) is 44.6 Å². The van der Waals surface area contributed by atoms with Crippen molar-refractivity contribution in [1.82, 2.24) is 10.3 Å². The Morgan fingerprint density at radius 2 is 2.29 bits per heavy atom. The Balaban J connectivity index is 1.59. The Morgan fingerprint density at radius 3 is 3.06 bits per heavy atom. The van der Waals surface area contributed by atoms with Crippen molar-refractivity contribution in [3.8, 4) is 0 Å². The van der Waals surface area contributed by atoms with Crippen molar-refractivity contribution in [2.75, 3.05) is 20.3 Å². The minimum atomic E-state index is 0.779. The van der Waals surface area contributed by atoms with Crippen molar-refractivity contribution in [3.63, 3.8) is 0 Å². The fourth-order valence-corrected chi connectivity index (χ4v) is 1.80. The highest BCUT2D eigenvalue weighted by atomic mass is 16.5. The largest absolute Gasteiger partial charge is 0.446 e.